The van der Waals surface area contributed by atoms with E-state index in [2.05, 4.69) is 14.9 Å². The Labute approximate surface area is 143 Å². The predicted molar refractivity (Wildman–Crippen MR) is 85.9 cm³/mol. The highest BCUT2D eigenvalue weighted by Crippen LogP contribution is 2.12. The first-order valence-corrected chi connectivity index (χ1v) is 7.36. The Morgan fingerprint density at radius 1 is 1.52 bits per heavy atom. The van der Waals surface area contributed by atoms with E-state index < -0.39 is 18.4 Å². The summed E-state index contributed by atoms with van der Waals surface area (Å²) in [5.74, 6) is -0.245. The van der Waals surface area contributed by atoms with Gasteiger partial charge in [0.05, 0.1) is 13.4 Å². The van der Waals surface area contributed by atoms with Crippen molar-refractivity contribution < 1.29 is 28.5 Å². The summed E-state index contributed by atoms with van der Waals surface area (Å²) < 4.78 is 20.6. The van der Waals surface area contributed by atoms with Crippen molar-refractivity contribution >= 4 is 12.4 Å². The monoisotopic (exact) mass is 353 g/mol. The van der Waals surface area contributed by atoms with E-state index in [0.717, 1.165) is 7.11 Å². The van der Waals surface area contributed by atoms with Gasteiger partial charge in [0.1, 0.15) is 18.5 Å². The molecule has 1 N–H and O–H groups in total. The average molecular weight is 353 g/mol. The van der Waals surface area contributed by atoms with Crippen molar-refractivity contribution in [2.45, 2.75) is 6.17 Å². The normalized spacial score (nSPS) is 17.1. The Morgan fingerprint density at radius 2 is 2.32 bits per heavy atom. The topological polar surface area (TPSA) is 108 Å². The molecular formula is C15H19N3O7. The third kappa shape index (κ3) is 4.73. The van der Waals surface area contributed by atoms with Crippen LogP contribution < -0.4 is 15.6 Å². The van der Waals surface area contributed by atoms with E-state index in [0.29, 0.717) is 19.4 Å². The molecule has 0 saturated carbocycles. The molecule has 1 atom stereocenters. The van der Waals surface area contributed by atoms with Crippen LogP contribution in [-0.2, 0) is 14.2 Å². The first-order chi connectivity index (χ1) is 12.1. The average Bonchev–Trinajstić information content (AvgIpc) is 2.81. The van der Waals surface area contributed by atoms with E-state index in [1.807, 2.05) is 11.9 Å². The number of hydrogen-bond donors (Lipinski definition) is 1. The molecule has 10 nitrogen and oxygen atoms in total. The molecule has 0 aromatic carbocycles. The Bertz CT molecular complexity index is 701. The molecule has 1 aliphatic heterocycles. The molecule has 0 spiro atoms. The van der Waals surface area contributed by atoms with Crippen LogP contribution in [0.4, 0.5) is 4.79 Å². The van der Waals surface area contributed by atoms with Crippen LogP contribution in [0.1, 0.15) is 10.5 Å². The number of aromatic nitrogens is 1. The summed E-state index contributed by atoms with van der Waals surface area (Å²) in [6, 6.07) is 1.23. The molecule has 136 valence electrons. The van der Waals surface area contributed by atoms with Gasteiger partial charge in [-0.2, -0.15) is 0 Å². The maximum atomic E-state index is 12.0. The van der Waals surface area contributed by atoms with Crippen molar-refractivity contribution in [3.63, 3.8) is 0 Å². The van der Waals surface area contributed by atoms with Gasteiger partial charge in [0, 0.05) is 18.8 Å². The highest BCUT2D eigenvalue weighted by Gasteiger charge is 2.18. The van der Waals surface area contributed by atoms with E-state index in [4.69, 9.17) is 9.47 Å². The number of nitrogens with one attached hydrogen (secondary N) is 1. The molecule has 0 saturated heterocycles. The minimum Gasteiger partial charge on any atom is -0.500 e. The SMILES string of the molecule is COC(=O)OCOc1c(C=O)n(N[C@@H]2C=COCCN2C)ccc1=O. The molecule has 0 fully saturated rings. The zero-order valence-electron chi connectivity index (χ0n) is 13.8. The van der Waals surface area contributed by atoms with Crippen molar-refractivity contribution in [1.82, 2.24) is 9.58 Å². The molecule has 2 heterocycles. The maximum absolute atomic E-state index is 12.0. The number of methoxy groups -OCH3 is 1. The molecular weight excluding hydrogens is 334 g/mol. The molecule has 0 radical (unpaired) electrons. The lowest BCUT2D eigenvalue weighted by atomic mass is 10.3. The van der Waals surface area contributed by atoms with Crippen molar-refractivity contribution in [3.05, 3.63) is 40.5 Å². The lowest BCUT2D eigenvalue weighted by molar-refractivity contribution is 0.0141. The summed E-state index contributed by atoms with van der Waals surface area (Å²) in [6.07, 6.45) is 3.97. The van der Waals surface area contributed by atoms with Crippen LogP contribution in [0.3, 0.4) is 0 Å². The van der Waals surface area contributed by atoms with Crippen LogP contribution in [0, 0.1) is 0 Å². The fourth-order valence-corrected chi connectivity index (χ4v) is 2.06. The summed E-state index contributed by atoms with van der Waals surface area (Å²) >= 11 is 0. The van der Waals surface area contributed by atoms with Gasteiger partial charge >= 0.3 is 6.16 Å². The van der Waals surface area contributed by atoms with E-state index >= 15 is 0 Å². The van der Waals surface area contributed by atoms with Gasteiger partial charge in [0.2, 0.25) is 12.2 Å². The summed E-state index contributed by atoms with van der Waals surface area (Å²) in [6.45, 7) is 0.635. The van der Waals surface area contributed by atoms with Gasteiger partial charge in [0.25, 0.3) is 0 Å². The summed E-state index contributed by atoms with van der Waals surface area (Å²) in [7, 11) is 3.01. The first-order valence-electron chi connectivity index (χ1n) is 7.36. The van der Waals surface area contributed by atoms with Gasteiger partial charge in [-0.05, 0) is 13.1 Å². The Morgan fingerprint density at radius 3 is 3.04 bits per heavy atom. The zero-order valence-corrected chi connectivity index (χ0v) is 13.8. The quantitative estimate of drug-likeness (QED) is 0.433. The number of nitrogens with zero attached hydrogens (tertiary/aromatic N) is 2. The molecule has 1 aromatic rings. The third-order valence-electron chi connectivity index (χ3n) is 3.41. The van der Waals surface area contributed by atoms with Crippen LogP contribution >= 0.6 is 0 Å². The van der Waals surface area contributed by atoms with E-state index in [-0.39, 0.29) is 17.6 Å². The summed E-state index contributed by atoms with van der Waals surface area (Å²) in [5.41, 5.74) is 2.49. The number of rotatable bonds is 6. The number of pyridine rings is 1. The molecule has 1 aromatic heterocycles. The standard InChI is InChI=1S/C15H19N3O7/c1-17-6-8-23-7-4-13(17)16-18-5-3-12(20)14(11(18)9-19)24-10-25-15(21)22-2/h3-5,7,9,13,16H,6,8,10H2,1-2H3/t13-/m0/s1. The number of carbonyl (C=O) groups is 2. The van der Waals surface area contributed by atoms with Crippen LogP contribution in [0.5, 0.6) is 5.75 Å². The van der Waals surface area contributed by atoms with E-state index in [9.17, 15) is 14.4 Å². The third-order valence-corrected chi connectivity index (χ3v) is 3.41. The van der Waals surface area contributed by atoms with Crippen molar-refractivity contribution in [3.8, 4) is 5.75 Å². The summed E-state index contributed by atoms with van der Waals surface area (Å²) in [4.78, 5) is 36.3. The largest absolute Gasteiger partial charge is 0.510 e. The molecule has 2 rings (SSSR count). The molecule has 0 aliphatic carbocycles. The van der Waals surface area contributed by atoms with Gasteiger partial charge < -0.3 is 24.4 Å². The van der Waals surface area contributed by atoms with Crippen molar-refractivity contribution in [2.75, 3.05) is 39.5 Å². The van der Waals surface area contributed by atoms with Crippen LogP contribution in [0.2, 0.25) is 0 Å². The Balaban J connectivity index is 2.21. The molecule has 0 amide bonds. The highest BCUT2D eigenvalue weighted by molar-refractivity contribution is 5.76. The highest BCUT2D eigenvalue weighted by atomic mass is 16.8. The fraction of sp³-hybridized carbons (Fsp3) is 0.400. The van der Waals surface area contributed by atoms with Gasteiger partial charge in [-0.25, -0.2) is 4.79 Å². The second kappa shape index (κ2) is 8.73. The van der Waals surface area contributed by atoms with Crippen molar-refractivity contribution in [1.29, 1.82) is 0 Å². The lowest BCUT2D eigenvalue weighted by Gasteiger charge is -2.27. The number of ether oxygens (including phenoxy) is 4. The van der Waals surface area contributed by atoms with E-state index in [1.54, 1.807) is 12.3 Å². The zero-order chi connectivity index (χ0) is 18.2. The lowest BCUT2D eigenvalue weighted by Crippen LogP contribution is -2.42. The smallest absolute Gasteiger partial charge is 0.500 e. The first kappa shape index (κ1) is 18.3. The molecule has 0 unspecified atom stereocenters. The van der Waals surface area contributed by atoms with Gasteiger partial charge in [-0.1, -0.05) is 0 Å². The minimum atomic E-state index is -0.966. The Hall–Kier alpha value is -3.01. The second-order valence-electron chi connectivity index (χ2n) is 5.00. The number of hydrogen-bond acceptors (Lipinski definition) is 9. The van der Waals surface area contributed by atoms with Gasteiger partial charge in [-0.3, -0.25) is 19.2 Å². The van der Waals surface area contributed by atoms with Crippen LogP contribution in [0.15, 0.2) is 29.4 Å². The van der Waals surface area contributed by atoms with Gasteiger partial charge in [0.15, 0.2) is 12.0 Å². The summed E-state index contributed by atoms with van der Waals surface area (Å²) in [5, 5.41) is 0. The number of aldehydes is 1. The fourth-order valence-electron chi connectivity index (χ4n) is 2.06. The van der Waals surface area contributed by atoms with E-state index in [1.165, 1.54) is 16.9 Å². The van der Waals surface area contributed by atoms with Crippen molar-refractivity contribution in [2.24, 2.45) is 0 Å². The second-order valence-corrected chi connectivity index (χ2v) is 5.00. The number of carbonyl (C=O) groups excluding carboxylic acids is 2. The minimum absolute atomic E-state index is 0.0482. The Kier molecular flexibility index (Phi) is 6.40. The van der Waals surface area contributed by atoms with Crippen LogP contribution in [0.25, 0.3) is 0 Å². The maximum Gasteiger partial charge on any atom is 0.510 e. The molecule has 1 aliphatic rings. The predicted octanol–water partition coefficient (Wildman–Crippen LogP) is 0.125. The molecule has 0 bridgehead atoms. The molecule has 10 heteroatoms. The van der Waals surface area contributed by atoms with Gasteiger partial charge in [-0.15, -0.1) is 0 Å². The molecule has 25 heavy (non-hydrogen) atoms. The number of likely N-dealkylation sites (N-methyl/N-ethyl adjacent to an activating group) is 1. The van der Waals surface area contributed by atoms with Crippen LogP contribution in [-0.4, -0.2) is 62.3 Å².